The van der Waals surface area contributed by atoms with E-state index in [-0.39, 0.29) is 17.9 Å². The highest BCUT2D eigenvalue weighted by Gasteiger charge is 2.44. The summed E-state index contributed by atoms with van der Waals surface area (Å²) in [4.78, 5) is 18.8. The maximum Gasteiger partial charge on any atom is 0.254 e. The van der Waals surface area contributed by atoms with Crippen molar-refractivity contribution < 1.29 is 14.6 Å². The van der Waals surface area contributed by atoms with E-state index < -0.39 is 6.10 Å². The molecule has 2 heterocycles. The molecule has 4 rings (SSSR count). The molecular formula is C19H20N2O3. The molecule has 3 unspecified atom stereocenters. The first-order valence-electron chi connectivity index (χ1n) is 8.26. The van der Waals surface area contributed by atoms with Crippen molar-refractivity contribution in [1.82, 2.24) is 9.88 Å². The Kier molecular flexibility index (Phi) is 3.73. The predicted octanol–water partition coefficient (Wildman–Crippen LogP) is 2.35. The zero-order valence-electron chi connectivity index (χ0n) is 13.6. The van der Waals surface area contributed by atoms with Gasteiger partial charge in [-0.05, 0) is 30.4 Å². The van der Waals surface area contributed by atoms with Crippen LogP contribution in [0.5, 0.6) is 5.88 Å². The molecule has 1 saturated carbocycles. The van der Waals surface area contributed by atoms with E-state index in [2.05, 4.69) is 4.98 Å². The molecule has 1 fully saturated rings. The fraction of sp³-hybridized carbons (Fsp3) is 0.368. The number of carbonyl (C=O) groups is 1. The van der Waals surface area contributed by atoms with Crippen LogP contribution in [0.4, 0.5) is 0 Å². The first-order valence-corrected chi connectivity index (χ1v) is 8.26. The highest BCUT2D eigenvalue weighted by Crippen LogP contribution is 2.44. The zero-order valence-corrected chi connectivity index (χ0v) is 13.6. The van der Waals surface area contributed by atoms with Gasteiger partial charge >= 0.3 is 0 Å². The minimum absolute atomic E-state index is 0.0665. The molecule has 0 spiro atoms. The summed E-state index contributed by atoms with van der Waals surface area (Å²) in [6.07, 6.45) is 2.53. The maximum atomic E-state index is 12.7. The van der Waals surface area contributed by atoms with Crippen molar-refractivity contribution >= 4 is 5.91 Å². The average Bonchev–Trinajstić information content (AvgIpc) is 2.96. The minimum Gasteiger partial charge on any atom is -0.473 e. The van der Waals surface area contributed by atoms with Gasteiger partial charge in [-0.1, -0.05) is 30.3 Å². The normalized spacial score (nSPS) is 25.3. The van der Waals surface area contributed by atoms with E-state index in [9.17, 15) is 9.90 Å². The molecule has 1 N–H and O–H groups in total. The predicted molar refractivity (Wildman–Crippen MR) is 88.9 cm³/mol. The van der Waals surface area contributed by atoms with Crippen LogP contribution < -0.4 is 4.74 Å². The van der Waals surface area contributed by atoms with E-state index in [1.54, 1.807) is 24.2 Å². The summed E-state index contributed by atoms with van der Waals surface area (Å²) in [6.45, 7) is 0.410. The lowest BCUT2D eigenvalue weighted by Gasteiger charge is -2.27. The van der Waals surface area contributed by atoms with Gasteiger partial charge in [-0.15, -0.1) is 0 Å². The second-order valence-electron chi connectivity index (χ2n) is 6.57. The first-order chi connectivity index (χ1) is 11.6. The third kappa shape index (κ3) is 2.45. The smallest absolute Gasteiger partial charge is 0.254 e. The molecule has 1 aliphatic heterocycles. The fourth-order valence-corrected chi connectivity index (χ4v) is 3.86. The molecule has 24 heavy (non-hydrogen) atoms. The number of benzene rings is 1. The molecule has 124 valence electrons. The largest absolute Gasteiger partial charge is 0.473 e. The van der Waals surface area contributed by atoms with Crippen LogP contribution in [0, 0.1) is 0 Å². The van der Waals surface area contributed by atoms with E-state index in [4.69, 9.17) is 4.74 Å². The Balaban J connectivity index is 1.69. The van der Waals surface area contributed by atoms with E-state index >= 15 is 0 Å². The number of amides is 1. The van der Waals surface area contributed by atoms with Gasteiger partial charge in [-0.25, -0.2) is 4.98 Å². The molecule has 0 saturated heterocycles. The van der Waals surface area contributed by atoms with Crippen molar-refractivity contribution in [2.24, 2.45) is 0 Å². The van der Waals surface area contributed by atoms with E-state index in [0.717, 1.165) is 17.5 Å². The lowest BCUT2D eigenvalue weighted by atomic mass is 9.94. The Morgan fingerprint density at radius 2 is 2.04 bits per heavy atom. The quantitative estimate of drug-likeness (QED) is 0.941. The topological polar surface area (TPSA) is 62.7 Å². The summed E-state index contributed by atoms with van der Waals surface area (Å²) in [5.74, 6) is 0.550. The molecule has 2 bridgehead atoms. The van der Waals surface area contributed by atoms with Crippen molar-refractivity contribution in [3.63, 3.8) is 0 Å². The third-order valence-electron chi connectivity index (χ3n) is 5.12. The molecule has 1 aromatic carbocycles. The molecular weight excluding hydrogens is 304 g/mol. The molecule has 1 aliphatic carbocycles. The number of aliphatic hydroxyl groups excluding tert-OH is 1. The number of carbonyl (C=O) groups excluding carboxylic acids is 1. The standard InChI is InChI=1S/C19H20N2O3/c1-21-15-9-13(10-16(15)22)17-14(19(21)23)7-8-20-18(17)24-11-12-5-3-2-4-6-12/h2-8,13,15-16,22H,9-11H2,1H3. The fourth-order valence-electron chi connectivity index (χ4n) is 3.86. The highest BCUT2D eigenvalue weighted by molar-refractivity contribution is 5.97. The SMILES string of the molecule is CN1C(=O)c2ccnc(OCc3ccccc3)c2C2CC(O)C1C2. The van der Waals surface area contributed by atoms with E-state index in [0.29, 0.717) is 24.5 Å². The first kappa shape index (κ1) is 15.1. The maximum absolute atomic E-state index is 12.7. The van der Waals surface area contributed by atoms with E-state index in [1.807, 2.05) is 30.3 Å². The molecule has 1 amide bonds. The van der Waals surface area contributed by atoms with Crippen LogP contribution in [0.3, 0.4) is 0 Å². The van der Waals surface area contributed by atoms with Crippen molar-refractivity contribution in [3.05, 3.63) is 59.3 Å². The van der Waals surface area contributed by atoms with E-state index in [1.165, 1.54) is 0 Å². The molecule has 5 heteroatoms. The lowest BCUT2D eigenvalue weighted by molar-refractivity contribution is 0.0535. The average molecular weight is 324 g/mol. The van der Waals surface area contributed by atoms with Crippen molar-refractivity contribution in [3.8, 4) is 5.88 Å². The second kappa shape index (κ2) is 5.91. The summed E-state index contributed by atoms with van der Waals surface area (Å²) < 4.78 is 5.95. The number of ether oxygens (including phenoxy) is 1. The van der Waals surface area contributed by atoms with Crippen molar-refractivity contribution in [2.45, 2.75) is 37.5 Å². The van der Waals surface area contributed by atoms with Gasteiger partial charge in [0.25, 0.3) is 5.91 Å². The summed E-state index contributed by atoms with van der Waals surface area (Å²) in [6, 6.07) is 11.5. The summed E-state index contributed by atoms with van der Waals surface area (Å²) >= 11 is 0. The molecule has 5 nitrogen and oxygen atoms in total. The number of aliphatic hydroxyl groups is 1. The second-order valence-corrected chi connectivity index (χ2v) is 6.57. The van der Waals surface area contributed by atoms with Gasteiger partial charge < -0.3 is 14.7 Å². The van der Waals surface area contributed by atoms with Gasteiger partial charge in [0, 0.05) is 24.4 Å². The van der Waals surface area contributed by atoms with Crippen LogP contribution in [-0.4, -0.2) is 40.1 Å². The number of likely N-dealkylation sites (N-methyl/N-ethyl adjacent to an activating group) is 1. The van der Waals surface area contributed by atoms with Crippen LogP contribution in [0.25, 0.3) is 0 Å². The molecule has 2 aliphatic rings. The number of aromatic nitrogens is 1. The van der Waals surface area contributed by atoms with Crippen molar-refractivity contribution in [1.29, 1.82) is 0 Å². The minimum atomic E-state index is -0.487. The molecule has 0 radical (unpaired) electrons. The summed E-state index contributed by atoms with van der Waals surface area (Å²) in [5, 5.41) is 10.3. The number of rotatable bonds is 3. The molecule has 2 aromatic rings. The lowest BCUT2D eigenvalue weighted by Crippen LogP contribution is -2.41. The van der Waals surface area contributed by atoms with Gasteiger partial charge in [-0.3, -0.25) is 4.79 Å². The van der Waals surface area contributed by atoms with Crippen LogP contribution in [0.2, 0.25) is 0 Å². The van der Waals surface area contributed by atoms with Gasteiger partial charge in [0.2, 0.25) is 5.88 Å². The van der Waals surface area contributed by atoms with Gasteiger partial charge in [0.15, 0.2) is 0 Å². The Hall–Kier alpha value is -2.40. The zero-order chi connectivity index (χ0) is 16.7. The highest BCUT2D eigenvalue weighted by atomic mass is 16.5. The number of pyridine rings is 1. The van der Waals surface area contributed by atoms with Crippen LogP contribution in [0.1, 0.15) is 40.2 Å². The van der Waals surface area contributed by atoms with Gasteiger partial charge in [0.05, 0.1) is 12.1 Å². The number of fused-ring (bicyclic) bond motifs is 4. The number of nitrogens with zero attached hydrogens (tertiary/aromatic N) is 2. The Bertz CT molecular complexity index is 762. The Labute approximate surface area is 140 Å². The van der Waals surface area contributed by atoms with Crippen molar-refractivity contribution in [2.75, 3.05) is 7.05 Å². The van der Waals surface area contributed by atoms with Crippen LogP contribution in [0.15, 0.2) is 42.6 Å². The van der Waals surface area contributed by atoms with Gasteiger partial charge in [0.1, 0.15) is 6.61 Å². The molecule has 1 aromatic heterocycles. The van der Waals surface area contributed by atoms with Crippen LogP contribution in [-0.2, 0) is 6.61 Å². The summed E-state index contributed by atoms with van der Waals surface area (Å²) in [5.41, 5.74) is 2.55. The van der Waals surface area contributed by atoms with Crippen LogP contribution >= 0.6 is 0 Å². The molecule has 3 atom stereocenters. The van der Waals surface area contributed by atoms with Gasteiger partial charge in [-0.2, -0.15) is 0 Å². The Morgan fingerprint density at radius 1 is 1.25 bits per heavy atom. The number of hydrogen-bond acceptors (Lipinski definition) is 4. The number of hydrogen-bond donors (Lipinski definition) is 1. The summed E-state index contributed by atoms with van der Waals surface area (Å²) in [7, 11) is 1.76. The monoisotopic (exact) mass is 324 g/mol. The Morgan fingerprint density at radius 3 is 2.83 bits per heavy atom. The third-order valence-corrected chi connectivity index (χ3v) is 5.12.